The van der Waals surface area contributed by atoms with Gasteiger partial charge in [-0.2, -0.15) is 0 Å². The quantitative estimate of drug-likeness (QED) is 0.515. The summed E-state index contributed by atoms with van der Waals surface area (Å²) < 4.78 is 9.33. The van der Waals surface area contributed by atoms with Gasteiger partial charge < -0.3 is 19.4 Å². The third-order valence-electron chi connectivity index (χ3n) is 4.70. The molecule has 0 amide bonds. The Morgan fingerprint density at radius 3 is 2.07 bits per heavy atom. The van der Waals surface area contributed by atoms with E-state index in [1.54, 1.807) is 6.07 Å². The molecule has 0 spiro atoms. The van der Waals surface area contributed by atoms with Gasteiger partial charge in [0.25, 0.3) is 0 Å². The first-order chi connectivity index (χ1) is 13.4. The van der Waals surface area contributed by atoms with Gasteiger partial charge in [0.1, 0.15) is 11.1 Å². The third-order valence-corrected chi connectivity index (χ3v) is 4.70. The number of benzene rings is 1. The Hall–Kier alpha value is -3.42. The van der Waals surface area contributed by atoms with Crippen LogP contribution in [0.25, 0.3) is 21.8 Å². The summed E-state index contributed by atoms with van der Waals surface area (Å²) in [5, 5.41) is 0.591. The predicted octanol–water partition coefficient (Wildman–Crippen LogP) is 2.29. The Morgan fingerprint density at radius 2 is 1.50 bits per heavy atom. The number of unbranched alkanes of at least 4 members (excludes halogenated alkanes) is 1. The zero-order chi connectivity index (χ0) is 20.4. The lowest BCUT2D eigenvalue weighted by molar-refractivity contribution is 0.0590. The van der Waals surface area contributed by atoms with Crippen LogP contribution in [0, 0.1) is 0 Å². The number of aryl methyl sites for hydroxylation is 1. The van der Waals surface area contributed by atoms with E-state index in [0.29, 0.717) is 28.4 Å². The first kappa shape index (κ1) is 19.3. The zero-order valence-electron chi connectivity index (χ0n) is 15.8. The monoisotopic (exact) mass is 384 g/mol. The molecule has 0 fully saturated rings. The van der Waals surface area contributed by atoms with Gasteiger partial charge in [-0.25, -0.2) is 9.59 Å². The Morgan fingerprint density at radius 1 is 0.929 bits per heavy atom. The molecule has 8 nitrogen and oxygen atoms in total. The van der Waals surface area contributed by atoms with Crippen LogP contribution >= 0.6 is 0 Å². The minimum Gasteiger partial charge on any atom is -0.465 e. The minimum absolute atomic E-state index is 0.111. The molecule has 3 rings (SSSR count). The number of esters is 2. The van der Waals surface area contributed by atoms with Crippen LogP contribution < -0.4 is 10.9 Å². The van der Waals surface area contributed by atoms with E-state index in [-0.39, 0.29) is 16.5 Å². The molecule has 2 N–H and O–H groups in total. The van der Waals surface area contributed by atoms with Gasteiger partial charge in [0.05, 0.1) is 30.6 Å². The second-order valence-corrected chi connectivity index (χ2v) is 6.36. The van der Waals surface area contributed by atoms with E-state index in [4.69, 9.17) is 0 Å². The maximum absolute atomic E-state index is 13.0. The first-order valence-electron chi connectivity index (χ1n) is 8.83. The fraction of sp³-hybridized carbons (Fsp3) is 0.300. The molecular formula is C20H20N2O6. The molecule has 0 atom stereocenters. The topological polar surface area (TPSA) is 118 Å². The Kier molecular flexibility index (Phi) is 5.30. The molecule has 8 heteroatoms. The highest BCUT2D eigenvalue weighted by molar-refractivity contribution is 6.07. The molecule has 0 aliphatic heterocycles. The second-order valence-electron chi connectivity index (χ2n) is 6.36. The van der Waals surface area contributed by atoms with Crippen LogP contribution in [-0.2, 0) is 15.9 Å². The summed E-state index contributed by atoms with van der Waals surface area (Å²) in [4.78, 5) is 55.4. The standard InChI is InChI=1S/C20H20N2O6/c1-4-5-6-10-7-11-15(21-8-12(17(11)23)19(25)27-2)16-14(10)18(24)13(9-22-16)20(26)28-3/h7-9H,4-6H2,1-3H3,(H,21,23)(H,22,24). The second kappa shape index (κ2) is 7.67. The summed E-state index contributed by atoms with van der Waals surface area (Å²) in [6.07, 6.45) is 4.74. The largest absolute Gasteiger partial charge is 0.465 e. The number of pyridine rings is 2. The SMILES string of the molecule is CCCCc1cc2c(=O)c(C(=O)OC)c[nH]c2c2[nH]cc(C(=O)OC)c(=O)c12. The molecule has 0 bridgehead atoms. The number of H-pyrrole nitrogens is 2. The fourth-order valence-corrected chi connectivity index (χ4v) is 3.26. The normalized spacial score (nSPS) is 11.0. The average molecular weight is 384 g/mol. The summed E-state index contributed by atoms with van der Waals surface area (Å²) in [7, 11) is 2.40. The number of nitrogens with one attached hydrogen (secondary N) is 2. The highest BCUT2D eigenvalue weighted by Gasteiger charge is 2.20. The molecule has 3 aromatic rings. The minimum atomic E-state index is -0.743. The van der Waals surface area contributed by atoms with E-state index in [2.05, 4.69) is 19.4 Å². The number of aromatic amines is 2. The maximum atomic E-state index is 13.0. The number of hydrogen-bond acceptors (Lipinski definition) is 6. The van der Waals surface area contributed by atoms with E-state index in [9.17, 15) is 19.2 Å². The van der Waals surface area contributed by atoms with Crippen molar-refractivity contribution < 1.29 is 19.1 Å². The summed E-state index contributed by atoms with van der Waals surface area (Å²) in [5.74, 6) is -1.48. The summed E-state index contributed by atoms with van der Waals surface area (Å²) in [6, 6.07) is 1.61. The van der Waals surface area contributed by atoms with Gasteiger partial charge in [-0.05, 0) is 24.5 Å². The fourth-order valence-electron chi connectivity index (χ4n) is 3.26. The highest BCUT2D eigenvalue weighted by atomic mass is 16.5. The third kappa shape index (κ3) is 3.06. The molecule has 1 aromatic carbocycles. The van der Waals surface area contributed by atoms with Crippen LogP contribution in [0.5, 0.6) is 0 Å². The summed E-state index contributed by atoms with van der Waals surface area (Å²) >= 11 is 0. The lowest BCUT2D eigenvalue weighted by Gasteiger charge is -2.11. The van der Waals surface area contributed by atoms with Gasteiger partial charge in [0.2, 0.25) is 10.9 Å². The highest BCUT2D eigenvalue weighted by Crippen LogP contribution is 2.24. The van der Waals surface area contributed by atoms with Crippen LogP contribution in [-0.4, -0.2) is 36.1 Å². The van der Waals surface area contributed by atoms with E-state index in [1.807, 2.05) is 6.92 Å². The predicted molar refractivity (Wildman–Crippen MR) is 104 cm³/mol. The van der Waals surface area contributed by atoms with Gasteiger partial charge in [0.15, 0.2) is 0 Å². The van der Waals surface area contributed by atoms with Gasteiger partial charge in [0, 0.05) is 17.8 Å². The van der Waals surface area contributed by atoms with Crippen LogP contribution in [0.2, 0.25) is 0 Å². The summed E-state index contributed by atoms with van der Waals surface area (Å²) in [6.45, 7) is 2.01. The van der Waals surface area contributed by atoms with E-state index >= 15 is 0 Å². The molecule has 28 heavy (non-hydrogen) atoms. The molecular weight excluding hydrogens is 364 g/mol. The summed E-state index contributed by atoms with van der Waals surface area (Å²) in [5.41, 5.74) is 0.217. The van der Waals surface area contributed by atoms with Crippen molar-refractivity contribution in [3.05, 3.63) is 55.6 Å². The Labute approximate surface area is 159 Å². The van der Waals surface area contributed by atoms with Crippen molar-refractivity contribution in [3.63, 3.8) is 0 Å². The Bertz CT molecular complexity index is 1210. The lowest BCUT2D eigenvalue weighted by atomic mass is 9.97. The number of carbonyl (C=O) groups is 2. The molecule has 0 radical (unpaired) electrons. The van der Waals surface area contributed by atoms with Crippen molar-refractivity contribution in [2.45, 2.75) is 26.2 Å². The number of aromatic nitrogens is 2. The lowest BCUT2D eigenvalue weighted by Crippen LogP contribution is -2.20. The number of fused-ring (bicyclic) bond motifs is 3. The molecule has 0 saturated carbocycles. The molecule has 0 saturated heterocycles. The number of rotatable bonds is 5. The molecule has 0 aliphatic rings. The van der Waals surface area contributed by atoms with E-state index in [0.717, 1.165) is 12.8 Å². The first-order valence-corrected chi connectivity index (χ1v) is 8.83. The van der Waals surface area contributed by atoms with Gasteiger partial charge in [-0.15, -0.1) is 0 Å². The van der Waals surface area contributed by atoms with E-state index < -0.39 is 22.8 Å². The van der Waals surface area contributed by atoms with E-state index in [1.165, 1.54) is 26.6 Å². The number of methoxy groups -OCH3 is 2. The van der Waals surface area contributed by atoms with Crippen molar-refractivity contribution in [1.29, 1.82) is 0 Å². The molecule has 2 heterocycles. The molecule has 0 aliphatic carbocycles. The van der Waals surface area contributed by atoms with Gasteiger partial charge >= 0.3 is 11.9 Å². The maximum Gasteiger partial charge on any atom is 0.343 e. The average Bonchev–Trinajstić information content (AvgIpc) is 2.71. The van der Waals surface area contributed by atoms with Crippen LogP contribution in [0.3, 0.4) is 0 Å². The number of hydrogen-bond donors (Lipinski definition) is 2. The van der Waals surface area contributed by atoms with Crippen LogP contribution in [0.15, 0.2) is 28.0 Å². The van der Waals surface area contributed by atoms with Gasteiger partial charge in [-0.1, -0.05) is 13.3 Å². The Balaban J connectivity index is 2.44. The van der Waals surface area contributed by atoms with Gasteiger partial charge in [-0.3, -0.25) is 9.59 Å². The molecule has 2 aromatic heterocycles. The van der Waals surface area contributed by atoms with Crippen molar-refractivity contribution in [2.24, 2.45) is 0 Å². The molecule has 0 unspecified atom stereocenters. The van der Waals surface area contributed by atoms with Crippen molar-refractivity contribution in [3.8, 4) is 0 Å². The van der Waals surface area contributed by atoms with Crippen LogP contribution in [0.4, 0.5) is 0 Å². The smallest absolute Gasteiger partial charge is 0.343 e. The number of ether oxygens (including phenoxy) is 2. The number of carbonyl (C=O) groups excluding carboxylic acids is 2. The van der Waals surface area contributed by atoms with Crippen molar-refractivity contribution in [1.82, 2.24) is 9.97 Å². The zero-order valence-corrected chi connectivity index (χ0v) is 15.8. The van der Waals surface area contributed by atoms with Crippen LogP contribution in [0.1, 0.15) is 46.0 Å². The van der Waals surface area contributed by atoms with Crippen molar-refractivity contribution in [2.75, 3.05) is 14.2 Å². The van der Waals surface area contributed by atoms with Crippen molar-refractivity contribution >= 4 is 33.7 Å². The molecule has 146 valence electrons.